The van der Waals surface area contributed by atoms with E-state index in [1.54, 1.807) is 66.7 Å². The van der Waals surface area contributed by atoms with Gasteiger partial charge in [0.1, 0.15) is 16.7 Å². The van der Waals surface area contributed by atoms with Crippen LogP contribution in [-0.4, -0.2) is 44.0 Å². The third kappa shape index (κ3) is 9.34. The number of non-ortho nitro benzene ring substituents is 1. The second-order valence-corrected chi connectivity index (χ2v) is 12.2. The number of methoxy groups -OCH3 is 3. The van der Waals surface area contributed by atoms with Crippen LogP contribution >= 0.6 is 11.8 Å². The predicted octanol–water partition coefficient (Wildman–Crippen LogP) is 7.50. The summed E-state index contributed by atoms with van der Waals surface area (Å²) in [7, 11) is 4.44. The predicted molar refractivity (Wildman–Crippen MR) is 200 cm³/mol. The molecule has 13 heteroatoms. The lowest BCUT2D eigenvalue weighted by molar-refractivity contribution is -0.384. The number of carbonyl (C=O) groups excluding carboxylic acids is 3. The number of hydrogen-bond acceptors (Lipinski definition) is 9. The summed E-state index contributed by atoms with van der Waals surface area (Å²) in [6.45, 7) is 0. The molecule has 3 amide bonds. The molecule has 0 saturated heterocycles. The number of thioether (sulfide) groups is 1. The number of nitro groups is 1. The standard InChI is InChI=1S/C39H34N4O8S/c1-49-33-24-35(51-3)34(50-2)22-27(33)21-32(42-37(44)26-13-8-5-9-14-26)38(45)41-29-15-10-16-31(23-29)52-36(25-11-6-4-7-12-25)39(46)40-28-17-19-30(20-18-28)43(47)48/h4-24,36H,1-3H3,(H,40,46)(H,41,45)(H,42,44)/b32-21+. The normalized spacial score (nSPS) is 11.5. The summed E-state index contributed by atoms with van der Waals surface area (Å²) in [4.78, 5) is 52.0. The van der Waals surface area contributed by atoms with Gasteiger partial charge in [0.15, 0.2) is 11.5 Å². The number of nitrogens with one attached hydrogen (secondary N) is 3. The first-order valence-electron chi connectivity index (χ1n) is 15.8. The van der Waals surface area contributed by atoms with Crippen LogP contribution in [-0.2, 0) is 9.59 Å². The van der Waals surface area contributed by atoms with E-state index in [9.17, 15) is 24.5 Å². The van der Waals surface area contributed by atoms with Crippen LogP contribution in [0.5, 0.6) is 17.2 Å². The van der Waals surface area contributed by atoms with Crippen molar-refractivity contribution < 1.29 is 33.5 Å². The van der Waals surface area contributed by atoms with Crippen LogP contribution in [0.4, 0.5) is 17.1 Å². The van der Waals surface area contributed by atoms with Crippen molar-refractivity contribution in [2.24, 2.45) is 0 Å². The lowest BCUT2D eigenvalue weighted by atomic mass is 10.1. The van der Waals surface area contributed by atoms with E-state index in [1.807, 2.05) is 30.3 Å². The number of carbonyl (C=O) groups is 3. The molecule has 0 aliphatic rings. The highest BCUT2D eigenvalue weighted by atomic mass is 32.2. The topological polar surface area (TPSA) is 158 Å². The molecule has 52 heavy (non-hydrogen) atoms. The fourth-order valence-electron chi connectivity index (χ4n) is 5.02. The molecule has 0 spiro atoms. The fourth-order valence-corrected chi connectivity index (χ4v) is 6.10. The zero-order valence-corrected chi connectivity index (χ0v) is 29.1. The Labute approximate surface area is 304 Å². The summed E-state index contributed by atoms with van der Waals surface area (Å²) in [5.74, 6) is -0.305. The Morgan fingerprint density at radius 1 is 0.712 bits per heavy atom. The molecule has 0 radical (unpaired) electrons. The van der Waals surface area contributed by atoms with Gasteiger partial charge >= 0.3 is 0 Å². The molecule has 0 saturated carbocycles. The number of benzene rings is 5. The van der Waals surface area contributed by atoms with Crippen molar-refractivity contribution in [1.29, 1.82) is 0 Å². The van der Waals surface area contributed by atoms with E-state index >= 15 is 0 Å². The zero-order valence-electron chi connectivity index (χ0n) is 28.3. The minimum Gasteiger partial charge on any atom is -0.496 e. The van der Waals surface area contributed by atoms with E-state index in [0.29, 0.717) is 44.6 Å². The molecular formula is C39H34N4O8S. The monoisotopic (exact) mass is 718 g/mol. The van der Waals surface area contributed by atoms with Crippen LogP contribution in [0.25, 0.3) is 6.08 Å². The molecule has 0 aromatic heterocycles. The van der Waals surface area contributed by atoms with Crippen molar-refractivity contribution >= 4 is 52.6 Å². The van der Waals surface area contributed by atoms with Gasteiger partial charge in [-0.1, -0.05) is 54.6 Å². The van der Waals surface area contributed by atoms with Gasteiger partial charge in [0.05, 0.1) is 26.3 Å². The molecule has 0 fully saturated rings. The Balaban J connectivity index is 1.42. The van der Waals surface area contributed by atoms with Crippen LogP contribution in [0.3, 0.4) is 0 Å². The van der Waals surface area contributed by atoms with Gasteiger partial charge in [-0.05, 0) is 60.2 Å². The molecule has 0 heterocycles. The number of rotatable bonds is 14. The lowest BCUT2D eigenvalue weighted by Crippen LogP contribution is -2.30. The number of nitro benzene ring substituents is 1. The second-order valence-electron chi connectivity index (χ2n) is 11.0. The van der Waals surface area contributed by atoms with Gasteiger partial charge in [-0.15, -0.1) is 11.8 Å². The summed E-state index contributed by atoms with van der Waals surface area (Å²) >= 11 is 1.25. The maximum absolute atomic E-state index is 13.9. The average molecular weight is 719 g/mol. The van der Waals surface area contributed by atoms with Crippen molar-refractivity contribution in [3.8, 4) is 17.2 Å². The number of hydrogen-bond donors (Lipinski definition) is 3. The highest BCUT2D eigenvalue weighted by molar-refractivity contribution is 8.00. The first-order valence-corrected chi connectivity index (χ1v) is 16.6. The van der Waals surface area contributed by atoms with Gasteiger partial charge in [0.25, 0.3) is 17.5 Å². The molecule has 0 aliphatic carbocycles. The fraction of sp³-hybridized carbons (Fsp3) is 0.103. The minimum atomic E-state index is -0.722. The third-order valence-electron chi connectivity index (χ3n) is 7.60. The summed E-state index contributed by atoms with van der Waals surface area (Å²) in [5.41, 5.74) is 2.14. The van der Waals surface area contributed by atoms with Crippen molar-refractivity contribution in [2.45, 2.75) is 10.1 Å². The van der Waals surface area contributed by atoms with Crippen molar-refractivity contribution in [1.82, 2.24) is 5.32 Å². The number of ether oxygens (including phenoxy) is 3. The lowest BCUT2D eigenvalue weighted by Gasteiger charge is -2.18. The summed E-state index contributed by atoms with van der Waals surface area (Å²) in [6, 6.07) is 33.4. The van der Waals surface area contributed by atoms with E-state index in [4.69, 9.17) is 14.2 Å². The summed E-state index contributed by atoms with van der Waals surface area (Å²) in [5, 5.41) is 18.8. The van der Waals surface area contributed by atoms with Gasteiger partial charge < -0.3 is 30.2 Å². The molecule has 12 nitrogen and oxygen atoms in total. The molecule has 5 rings (SSSR count). The number of anilines is 2. The molecular weight excluding hydrogens is 685 g/mol. The second kappa shape index (κ2) is 17.4. The van der Waals surface area contributed by atoms with Crippen LogP contribution in [0.1, 0.15) is 26.7 Å². The van der Waals surface area contributed by atoms with Crippen molar-refractivity contribution in [3.63, 3.8) is 0 Å². The first-order chi connectivity index (χ1) is 25.2. The maximum atomic E-state index is 13.9. The molecule has 5 aromatic carbocycles. The van der Waals surface area contributed by atoms with Gasteiger partial charge in [0.2, 0.25) is 5.91 Å². The Morgan fingerprint density at radius 3 is 1.98 bits per heavy atom. The van der Waals surface area contributed by atoms with Crippen LogP contribution in [0, 0.1) is 10.1 Å². The molecule has 0 bridgehead atoms. The Morgan fingerprint density at radius 2 is 1.35 bits per heavy atom. The van der Waals surface area contributed by atoms with E-state index in [2.05, 4.69) is 16.0 Å². The Kier molecular flexibility index (Phi) is 12.2. The van der Waals surface area contributed by atoms with E-state index in [0.717, 1.165) is 5.56 Å². The molecule has 5 aromatic rings. The van der Waals surface area contributed by atoms with Gasteiger partial charge in [-0.2, -0.15) is 0 Å². The van der Waals surface area contributed by atoms with Gasteiger partial charge in [-0.25, -0.2) is 0 Å². The van der Waals surface area contributed by atoms with E-state index < -0.39 is 22.0 Å². The SMILES string of the molecule is COc1cc(OC)c(OC)cc1/C=C(/NC(=O)c1ccccc1)C(=O)Nc1cccc(SC(C(=O)Nc2ccc([N+](=O)[O-])cc2)c2ccccc2)c1. The van der Waals surface area contributed by atoms with Gasteiger partial charge in [-0.3, -0.25) is 24.5 Å². The molecule has 1 atom stereocenters. The molecule has 0 aliphatic heterocycles. The third-order valence-corrected chi connectivity index (χ3v) is 8.84. The maximum Gasteiger partial charge on any atom is 0.272 e. The summed E-state index contributed by atoms with van der Waals surface area (Å²) < 4.78 is 16.4. The number of nitrogens with zero attached hydrogens (tertiary/aromatic N) is 1. The van der Waals surface area contributed by atoms with Crippen LogP contribution in [0.2, 0.25) is 0 Å². The zero-order chi connectivity index (χ0) is 37.0. The van der Waals surface area contributed by atoms with Crippen molar-refractivity contribution in [2.75, 3.05) is 32.0 Å². The largest absolute Gasteiger partial charge is 0.496 e. The van der Waals surface area contributed by atoms with Crippen LogP contribution < -0.4 is 30.2 Å². The molecule has 1 unspecified atom stereocenters. The van der Waals surface area contributed by atoms with Crippen molar-refractivity contribution in [3.05, 3.63) is 154 Å². The smallest absolute Gasteiger partial charge is 0.272 e. The molecule has 264 valence electrons. The highest BCUT2D eigenvalue weighted by Crippen LogP contribution is 2.38. The first kappa shape index (κ1) is 36.7. The van der Waals surface area contributed by atoms with E-state index in [1.165, 1.54) is 63.4 Å². The highest BCUT2D eigenvalue weighted by Gasteiger charge is 2.23. The van der Waals surface area contributed by atoms with Crippen LogP contribution in [0.15, 0.2) is 132 Å². The Bertz CT molecular complexity index is 2090. The molecule has 3 N–H and O–H groups in total. The average Bonchev–Trinajstić information content (AvgIpc) is 3.17. The quantitative estimate of drug-likeness (QED) is 0.0458. The summed E-state index contributed by atoms with van der Waals surface area (Å²) in [6.07, 6.45) is 1.48. The Hall–Kier alpha value is -6.60. The van der Waals surface area contributed by atoms with E-state index in [-0.39, 0.29) is 17.3 Å². The minimum absolute atomic E-state index is 0.0814. The van der Waals surface area contributed by atoms with Gasteiger partial charge in [0, 0.05) is 45.6 Å². The number of amides is 3.